The molecule has 3 heteroatoms. The van der Waals surface area contributed by atoms with Gasteiger partial charge in [0.05, 0.1) is 0 Å². The van der Waals surface area contributed by atoms with Crippen LogP contribution in [0.3, 0.4) is 0 Å². The topological polar surface area (TPSA) is 36.4 Å². The lowest BCUT2D eigenvalue weighted by molar-refractivity contribution is 1.40. The number of nitrogens with zero attached hydrogens (tertiary/aromatic N) is 1. The van der Waals surface area contributed by atoms with Crippen LogP contribution >= 0.6 is 0 Å². The highest BCUT2D eigenvalue weighted by Crippen LogP contribution is 2.20. The molecule has 0 spiro atoms. The maximum absolute atomic E-state index is 4.17. The van der Waals surface area contributed by atoms with Crippen molar-refractivity contribution < 1.29 is 0 Å². The number of nitrogens with one attached hydrogen (secondary N) is 2. The van der Waals surface area contributed by atoms with Gasteiger partial charge < -0.3 is 10.6 Å². The highest BCUT2D eigenvalue weighted by atomic mass is 15.0. The molecule has 17 heavy (non-hydrogen) atoms. The Bertz CT molecular complexity index is 459. The predicted molar refractivity (Wildman–Crippen MR) is 76.8 cm³/mol. The summed E-state index contributed by atoms with van der Waals surface area (Å²) >= 11 is 0. The molecule has 0 radical (unpaired) electrons. The molecule has 1 aromatic carbocycles. The van der Waals surface area contributed by atoms with E-state index in [0.717, 1.165) is 28.3 Å². The Balaban J connectivity index is 3.04. The normalized spacial score (nSPS) is 10.9. The number of amidine groups is 1. The van der Waals surface area contributed by atoms with Crippen molar-refractivity contribution >= 4 is 17.2 Å². The average Bonchev–Trinajstić information content (AvgIpc) is 2.31. The van der Waals surface area contributed by atoms with E-state index in [2.05, 4.69) is 34.9 Å². The van der Waals surface area contributed by atoms with Gasteiger partial charge in [-0.15, -0.1) is 0 Å². The summed E-state index contributed by atoms with van der Waals surface area (Å²) in [4.78, 5) is 4.17. The van der Waals surface area contributed by atoms with E-state index in [1.54, 1.807) is 0 Å². The largest absolute Gasteiger partial charge is 0.388 e. The van der Waals surface area contributed by atoms with E-state index in [4.69, 9.17) is 0 Å². The van der Waals surface area contributed by atoms with Crippen molar-refractivity contribution in [2.75, 3.05) is 17.7 Å². The van der Waals surface area contributed by atoms with Gasteiger partial charge in [0.1, 0.15) is 5.84 Å². The molecule has 0 amide bonds. The SMILES string of the molecule is C=CN=C(Nc1cc(NC)ccc1C)C(=C)C. The molecule has 0 aliphatic heterocycles. The molecule has 0 saturated carbocycles. The van der Waals surface area contributed by atoms with E-state index in [-0.39, 0.29) is 0 Å². The number of benzene rings is 1. The van der Waals surface area contributed by atoms with Crippen LogP contribution in [0.15, 0.2) is 48.1 Å². The predicted octanol–water partition coefficient (Wildman–Crippen LogP) is 3.57. The molecular weight excluding hydrogens is 210 g/mol. The third kappa shape index (κ3) is 3.48. The Morgan fingerprint density at radius 3 is 2.65 bits per heavy atom. The molecule has 0 aliphatic rings. The zero-order chi connectivity index (χ0) is 12.8. The van der Waals surface area contributed by atoms with Crippen LogP contribution in [0.4, 0.5) is 11.4 Å². The quantitative estimate of drug-likeness (QED) is 0.611. The fourth-order valence-corrected chi connectivity index (χ4v) is 1.38. The Kier molecular flexibility index (Phi) is 4.52. The molecule has 90 valence electrons. The Morgan fingerprint density at radius 2 is 2.12 bits per heavy atom. The van der Waals surface area contributed by atoms with Crippen LogP contribution in [0.1, 0.15) is 12.5 Å². The number of aryl methyl sites for hydroxylation is 1. The summed E-state index contributed by atoms with van der Waals surface area (Å²) in [7, 11) is 1.89. The summed E-state index contributed by atoms with van der Waals surface area (Å²) in [5, 5.41) is 6.37. The minimum absolute atomic E-state index is 0.733. The highest BCUT2D eigenvalue weighted by molar-refractivity contribution is 6.07. The first-order chi connectivity index (χ1) is 8.08. The Morgan fingerprint density at radius 1 is 1.41 bits per heavy atom. The summed E-state index contributed by atoms with van der Waals surface area (Å²) in [6, 6.07) is 6.13. The molecular formula is C14H19N3. The van der Waals surface area contributed by atoms with Crippen LogP contribution in [0.2, 0.25) is 0 Å². The first-order valence-corrected chi connectivity index (χ1v) is 5.48. The maximum atomic E-state index is 4.17. The monoisotopic (exact) mass is 229 g/mol. The maximum Gasteiger partial charge on any atom is 0.132 e. The van der Waals surface area contributed by atoms with Crippen molar-refractivity contribution in [1.82, 2.24) is 0 Å². The fourth-order valence-electron chi connectivity index (χ4n) is 1.38. The van der Waals surface area contributed by atoms with Gasteiger partial charge in [-0.25, -0.2) is 4.99 Å². The van der Waals surface area contributed by atoms with Crippen LogP contribution in [-0.2, 0) is 0 Å². The summed E-state index contributed by atoms with van der Waals surface area (Å²) in [5.74, 6) is 0.733. The Labute approximate surface area is 103 Å². The van der Waals surface area contributed by atoms with Crippen LogP contribution in [-0.4, -0.2) is 12.9 Å². The van der Waals surface area contributed by atoms with Gasteiger partial charge in [-0.05, 0) is 37.1 Å². The Hall–Kier alpha value is -2.03. The standard InChI is InChI=1S/C14H19N3/c1-6-16-14(10(2)3)17-13-9-12(15-5)8-7-11(13)4/h6-9,15H,1-2H2,3-5H3,(H,16,17). The van der Waals surface area contributed by atoms with Crippen molar-refractivity contribution in [2.24, 2.45) is 4.99 Å². The van der Waals surface area contributed by atoms with Crippen molar-refractivity contribution in [3.05, 3.63) is 48.7 Å². The molecule has 0 saturated heterocycles. The number of hydrogen-bond acceptors (Lipinski definition) is 2. The van der Waals surface area contributed by atoms with Gasteiger partial charge in [0.2, 0.25) is 0 Å². The van der Waals surface area contributed by atoms with Crippen molar-refractivity contribution in [1.29, 1.82) is 0 Å². The molecule has 0 atom stereocenters. The molecule has 2 N–H and O–H groups in total. The van der Waals surface area contributed by atoms with Gasteiger partial charge in [-0.1, -0.05) is 19.2 Å². The molecule has 0 fully saturated rings. The van der Waals surface area contributed by atoms with E-state index in [0.29, 0.717) is 0 Å². The summed E-state index contributed by atoms with van der Waals surface area (Å²) < 4.78 is 0. The van der Waals surface area contributed by atoms with E-state index < -0.39 is 0 Å². The first-order valence-electron chi connectivity index (χ1n) is 5.48. The van der Waals surface area contributed by atoms with Crippen molar-refractivity contribution in [2.45, 2.75) is 13.8 Å². The molecule has 1 aromatic rings. The molecule has 0 aromatic heterocycles. The minimum Gasteiger partial charge on any atom is -0.388 e. The van der Waals surface area contributed by atoms with Gasteiger partial charge in [-0.2, -0.15) is 0 Å². The average molecular weight is 229 g/mol. The van der Waals surface area contributed by atoms with Gasteiger partial charge in [0.25, 0.3) is 0 Å². The summed E-state index contributed by atoms with van der Waals surface area (Å²) in [6.07, 6.45) is 1.51. The van der Waals surface area contributed by atoms with E-state index in [9.17, 15) is 0 Å². The van der Waals surface area contributed by atoms with Gasteiger partial charge in [0.15, 0.2) is 0 Å². The first kappa shape index (κ1) is 13.0. The second kappa shape index (κ2) is 5.89. The van der Waals surface area contributed by atoms with Gasteiger partial charge in [-0.3, -0.25) is 0 Å². The lowest BCUT2D eigenvalue weighted by Crippen LogP contribution is -2.13. The smallest absolute Gasteiger partial charge is 0.132 e. The zero-order valence-corrected chi connectivity index (χ0v) is 10.7. The lowest BCUT2D eigenvalue weighted by atomic mass is 10.1. The lowest BCUT2D eigenvalue weighted by Gasteiger charge is -2.13. The van der Waals surface area contributed by atoms with Crippen LogP contribution < -0.4 is 10.6 Å². The van der Waals surface area contributed by atoms with Crippen molar-refractivity contribution in [3.8, 4) is 0 Å². The minimum atomic E-state index is 0.733. The third-order valence-electron chi connectivity index (χ3n) is 2.40. The van der Waals surface area contributed by atoms with E-state index in [1.165, 1.54) is 6.20 Å². The second-order valence-corrected chi connectivity index (χ2v) is 3.85. The van der Waals surface area contributed by atoms with Crippen LogP contribution in [0, 0.1) is 6.92 Å². The number of rotatable bonds is 4. The van der Waals surface area contributed by atoms with Crippen LogP contribution in [0.25, 0.3) is 0 Å². The molecule has 0 aliphatic carbocycles. The number of hydrogen-bond donors (Lipinski definition) is 2. The summed E-state index contributed by atoms with van der Waals surface area (Å²) in [5.41, 5.74) is 4.10. The third-order valence-corrected chi connectivity index (χ3v) is 2.40. The van der Waals surface area contributed by atoms with Gasteiger partial charge in [0, 0.05) is 24.6 Å². The van der Waals surface area contributed by atoms with E-state index >= 15 is 0 Å². The summed E-state index contributed by atoms with van der Waals surface area (Å²) in [6.45, 7) is 11.4. The molecule has 0 heterocycles. The van der Waals surface area contributed by atoms with Crippen LogP contribution in [0.5, 0.6) is 0 Å². The van der Waals surface area contributed by atoms with E-state index in [1.807, 2.05) is 33.0 Å². The second-order valence-electron chi connectivity index (χ2n) is 3.85. The number of aliphatic imine (C=N–C) groups is 1. The number of anilines is 2. The fraction of sp³-hybridized carbons (Fsp3) is 0.214. The molecule has 0 unspecified atom stereocenters. The zero-order valence-electron chi connectivity index (χ0n) is 10.7. The van der Waals surface area contributed by atoms with Gasteiger partial charge >= 0.3 is 0 Å². The highest BCUT2D eigenvalue weighted by Gasteiger charge is 2.04. The molecule has 3 nitrogen and oxygen atoms in total. The van der Waals surface area contributed by atoms with Crippen molar-refractivity contribution in [3.63, 3.8) is 0 Å². The molecule has 1 rings (SSSR count). The molecule has 0 bridgehead atoms.